The van der Waals surface area contributed by atoms with Crippen LogP contribution >= 0.6 is 0 Å². The minimum Gasteiger partial charge on any atom is -0.493 e. The zero-order valence-corrected chi connectivity index (χ0v) is 17.5. The number of benzene rings is 2. The Morgan fingerprint density at radius 2 is 1.62 bits per heavy atom. The van der Waals surface area contributed by atoms with Gasteiger partial charge in [-0.3, -0.25) is 4.98 Å². The van der Waals surface area contributed by atoms with Gasteiger partial charge in [0, 0.05) is 30.1 Å². The van der Waals surface area contributed by atoms with Crippen molar-refractivity contribution in [1.82, 2.24) is 4.98 Å². The van der Waals surface area contributed by atoms with Crippen molar-refractivity contribution in [2.75, 3.05) is 40.3 Å². The van der Waals surface area contributed by atoms with Gasteiger partial charge in [-0.05, 0) is 54.0 Å². The average Bonchev–Trinajstić information content (AvgIpc) is 2.75. The van der Waals surface area contributed by atoms with Crippen molar-refractivity contribution >= 4 is 16.5 Å². The Morgan fingerprint density at radius 3 is 2.24 bits per heavy atom. The number of nitrogen functional groups attached to an aromatic ring is 1. The Balaban J connectivity index is 1.98. The molecule has 2 N–H and O–H groups in total. The van der Waals surface area contributed by atoms with Crippen LogP contribution < -0.4 is 19.9 Å². The molecule has 6 nitrogen and oxygen atoms in total. The number of aromatic nitrogens is 1. The molecule has 3 aromatic rings. The quantitative estimate of drug-likeness (QED) is 0.435. The molecule has 29 heavy (non-hydrogen) atoms. The molecule has 0 spiro atoms. The molecular formula is C23H28N2O4. The van der Waals surface area contributed by atoms with Crippen molar-refractivity contribution in [2.45, 2.75) is 19.8 Å². The van der Waals surface area contributed by atoms with E-state index in [9.17, 15) is 0 Å². The summed E-state index contributed by atoms with van der Waals surface area (Å²) in [5.74, 6) is 1.85. The van der Waals surface area contributed by atoms with Gasteiger partial charge in [0.2, 0.25) is 5.75 Å². The molecule has 6 heteroatoms. The zero-order valence-electron chi connectivity index (χ0n) is 17.5. The second-order valence-corrected chi connectivity index (χ2v) is 6.69. The molecule has 1 aromatic heterocycles. The first kappa shape index (κ1) is 20.7. The van der Waals surface area contributed by atoms with E-state index in [4.69, 9.17) is 24.7 Å². The van der Waals surface area contributed by atoms with Crippen molar-refractivity contribution in [3.63, 3.8) is 0 Å². The first-order chi connectivity index (χ1) is 14.1. The third kappa shape index (κ3) is 4.38. The summed E-state index contributed by atoms with van der Waals surface area (Å²) in [5.41, 5.74) is 10.4. The number of nitrogens with two attached hydrogens (primary N) is 1. The number of hydrogen-bond acceptors (Lipinski definition) is 6. The Kier molecular flexibility index (Phi) is 6.77. The van der Waals surface area contributed by atoms with E-state index in [1.807, 2.05) is 31.5 Å². The minimum absolute atomic E-state index is 0.581. The SMILES string of the molecule is CCOCCc1ccc2c(Cc3cc(OC)c(OC)c(OC)c3)cncc2c1N. The molecule has 0 aliphatic carbocycles. The second kappa shape index (κ2) is 9.47. The van der Waals surface area contributed by atoms with Crippen LogP contribution in [0.1, 0.15) is 23.6 Å². The number of fused-ring (bicyclic) bond motifs is 1. The first-order valence-corrected chi connectivity index (χ1v) is 9.63. The van der Waals surface area contributed by atoms with Gasteiger partial charge in [-0.25, -0.2) is 0 Å². The van der Waals surface area contributed by atoms with Crippen LogP contribution in [0.2, 0.25) is 0 Å². The average molecular weight is 396 g/mol. The Bertz CT molecular complexity index is 963. The number of nitrogens with zero attached hydrogens (tertiary/aromatic N) is 1. The lowest BCUT2D eigenvalue weighted by molar-refractivity contribution is 0.151. The molecule has 0 amide bonds. The lowest BCUT2D eigenvalue weighted by Crippen LogP contribution is -2.03. The van der Waals surface area contributed by atoms with Crippen molar-refractivity contribution in [3.05, 3.63) is 53.3 Å². The summed E-state index contributed by atoms with van der Waals surface area (Å²) in [6.07, 6.45) is 5.16. The van der Waals surface area contributed by atoms with Gasteiger partial charge in [0.15, 0.2) is 11.5 Å². The maximum Gasteiger partial charge on any atom is 0.203 e. The van der Waals surface area contributed by atoms with Gasteiger partial charge >= 0.3 is 0 Å². The summed E-state index contributed by atoms with van der Waals surface area (Å²) in [4.78, 5) is 4.43. The smallest absolute Gasteiger partial charge is 0.203 e. The van der Waals surface area contributed by atoms with Gasteiger partial charge in [0.05, 0.1) is 27.9 Å². The van der Waals surface area contributed by atoms with Gasteiger partial charge < -0.3 is 24.7 Å². The predicted molar refractivity (Wildman–Crippen MR) is 115 cm³/mol. The van der Waals surface area contributed by atoms with E-state index in [0.29, 0.717) is 36.9 Å². The molecule has 0 saturated carbocycles. The molecule has 0 saturated heterocycles. The minimum atomic E-state index is 0.581. The molecule has 2 aromatic carbocycles. The fourth-order valence-corrected chi connectivity index (χ4v) is 3.51. The topological polar surface area (TPSA) is 75.8 Å². The van der Waals surface area contributed by atoms with Gasteiger partial charge in [-0.1, -0.05) is 12.1 Å². The second-order valence-electron chi connectivity index (χ2n) is 6.69. The molecule has 154 valence electrons. The maximum atomic E-state index is 6.44. The fraction of sp³-hybridized carbons (Fsp3) is 0.348. The molecule has 0 fully saturated rings. The number of pyridine rings is 1. The van der Waals surface area contributed by atoms with Crippen LogP contribution in [0.25, 0.3) is 10.8 Å². The normalized spacial score (nSPS) is 10.9. The molecule has 0 atom stereocenters. The van der Waals surface area contributed by atoms with Gasteiger partial charge in [0.1, 0.15) is 0 Å². The van der Waals surface area contributed by atoms with Crippen molar-refractivity contribution in [1.29, 1.82) is 0 Å². The standard InChI is InChI=1S/C23H28N2O4/c1-5-29-9-8-16-6-7-18-17(13-25-14-19(18)22(16)24)10-15-11-20(26-2)23(28-4)21(12-15)27-3/h6-7,11-14H,5,8-10,24H2,1-4H3. The van der Waals surface area contributed by atoms with E-state index < -0.39 is 0 Å². The largest absolute Gasteiger partial charge is 0.493 e. The summed E-state index contributed by atoms with van der Waals surface area (Å²) < 4.78 is 21.8. The highest BCUT2D eigenvalue weighted by Gasteiger charge is 2.15. The third-order valence-corrected chi connectivity index (χ3v) is 5.00. The van der Waals surface area contributed by atoms with Crippen molar-refractivity contribution < 1.29 is 18.9 Å². The van der Waals surface area contributed by atoms with E-state index in [0.717, 1.165) is 39.6 Å². The van der Waals surface area contributed by atoms with Crippen LogP contribution in [0.3, 0.4) is 0 Å². The summed E-state index contributed by atoms with van der Waals surface area (Å²) in [6, 6.07) is 8.11. The van der Waals surface area contributed by atoms with Crippen LogP contribution in [-0.2, 0) is 17.6 Å². The van der Waals surface area contributed by atoms with Gasteiger partial charge in [-0.2, -0.15) is 0 Å². The third-order valence-electron chi connectivity index (χ3n) is 5.00. The predicted octanol–water partition coefficient (Wildman–Crippen LogP) is 4.01. The Labute approximate surface area is 171 Å². The first-order valence-electron chi connectivity index (χ1n) is 9.63. The summed E-state index contributed by atoms with van der Waals surface area (Å²) >= 11 is 0. The van der Waals surface area contributed by atoms with Crippen LogP contribution in [-0.4, -0.2) is 39.5 Å². The summed E-state index contributed by atoms with van der Waals surface area (Å²) in [6.45, 7) is 3.35. The highest BCUT2D eigenvalue weighted by Crippen LogP contribution is 2.39. The molecule has 0 bridgehead atoms. The van der Waals surface area contributed by atoms with Crippen LogP contribution in [0, 0.1) is 0 Å². The lowest BCUT2D eigenvalue weighted by atomic mass is 9.97. The zero-order chi connectivity index (χ0) is 20.8. The van der Waals surface area contributed by atoms with Gasteiger partial charge in [-0.15, -0.1) is 0 Å². The molecule has 0 unspecified atom stereocenters. The Hall–Kier alpha value is -2.99. The highest BCUT2D eigenvalue weighted by molar-refractivity contribution is 5.96. The number of hydrogen-bond donors (Lipinski definition) is 1. The molecule has 0 aliphatic rings. The van der Waals surface area contributed by atoms with Crippen LogP contribution in [0.4, 0.5) is 5.69 Å². The van der Waals surface area contributed by atoms with E-state index in [2.05, 4.69) is 17.1 Å². The van der Waals surface area contributed by atoms with Crippen LogP contribution in [0.15, 0.2) is 36.7 Å². The van der Waals surface area contributed by atoms with Crippen LogP contribution in [0.5, 0.6) is 17.2 Å². The summed E-state index contributed by atoms with van der Waals surface area (Å²) in [7, 11) is 4.83. The fourth-order valence-electron chi connectivity index (χ4n) is 3.51. The molecule has 0 radical (unpaired) electrons. The Morgan fingerprint density at radius 1 is 0.897 bits per heavy atom. The van der Waals surface area contributed by atoms with Crippen molar-refractivity contribution in [2.24, 2.45) is 0 Å². The van der Waals surface area contributed by atoms with Gasteiger partial charge in [0.25, 0.3) is 0 Å². The highest BCUT2D eigenvalue weighted by atomic mass is 16.5. The monoisotopic (exact) mass is 396 g/mol. The molecule has 1 heterocycles. The number of ether oxygens (including phenoxy) is 4. The number of methoxy groups -OCH3 is 3. The molecule has 0 aliphatic heterocycles. The maximum absolute atomic E-state index is 6.44. The van der Waals surface area contributed by atoms with Crippen molar-refractivity contribution in [3.8, 4) is 17.2 Å². The number of anilines is 1. The van der Waals surface area contributed by atoms with E-state index >= 15 is 0 Å². The van der Waals surface area contributed by atoms with E-state index in [-0.39, 0.29) is 0 Å². The van der Waals surface area contributed by atoms with E-state index in [1.54, 1.807) is 21.3 Å². The molecular weight excluding hydrogens is 368 g/mol. The summed E-state index contributed by atoms with van der Waals surface area (Å²) in [5, 5.41) is 2.05. The lowest BCUT2D eigenvalue weighted by Gasteiger charge is -2.15. The molecule has 3 rings (SSSR count). The van der Waals surface area contributed by atoms with E-state index in [1.165, 1.54) is 0 Å². The number of rotatable bonds is 9.